The summed E-state index contributed by atoms with van der Waals surface area (Å²) >= 11 is 0. The van der Waals surface area contributed by atoms with Crippen LogP contribution < -0.4 is 5.32 Å². The molecule has 1 N–H and O–H groups in total. The lowest BCUT2D eigenvalue weighted by Gasteiger charge is -2.01. The molecule has 2 heterocycles. The summed E-state index contributed by atoms with van der Waals surface area (Å²) in [7, 11) is 0. The van der Waals surface area contributed by atoms with Crippen LogP contribution >= 0.6 is 0 Å². The molecule has 27 heavy (non-hydrogen) atoms. The molecule has 4 rings (SSSR count). The van der Waals surface area contributed by atoms with Crippen molar-refractivity contribution >= 4 is 28.8 Å². The molecule has 0 spiro atoms. The first kappa shape index (κ1) is 16.7. The monoisotopic (exact) mass is 355 g/mol. The number of rotatable bonds is 5. The van der Waals surface area contributed by atoms with Crippen molar-refractivity contribution in [2.24, 2.45) is 0 Å². The van der Waals surface area contributed by atoms with Crippen LogP contribution in [0.4, 0.5) is 5.82 Å². The van der Waals surface area contributed by atoms with Gasteiger partial charge in [0.15, 0.2) is 5.82 Å². The fourth-order valence-electron chi connectivity index (χ4n) is 2.67. The quantitative estimate of drug-likeness (QED) is 0.556. The van der Waals surface area contributed by atoms with E-state index in [4.69, 9.17) is 0 Å². The van der Waals surface area contributed by atoms with Gasteiger partial charge >= 0.3 is 0 Å². The Labute approximate surface area is 156 Å². The van der Waals surface area contributed by atoms with E-state index in [2.05, 4.69) is 20.4 Å². The zero-order valence-corrected chi connectivity index (χ0v) is 14.5. The van der Waals surface area contributed by atoms with Crippen molar-refractivity contribution in [2.75, 3.05) is 5.32 Å². The SMILES string of the molecule is O=C(/C=C/c1cnc2ccccc2n1)Nc1ccn(Cc2ccccc2)n1. The van der Waals surface area contributed by atoms with Crippen molar-refractivity contribution < 1.29 is 4.79 Å². The molecule has 0 aliphatic carbocycles. The van der Waals surface area contributed by atoms with E-state index in [-0.39, 0.29) is 5.91 Å². The van der Waals surface area contributed by atoms with Gasteiger partial charge in [0.2, 0.25) is 5.91 Å². The van der Waals surface area contributed by atoms with E-state index in [0.29, 0.717) is 18.1 Å². The third-order valence-electron chi connectivity index (χ3n) is 3.95. The molecule has 0 unspecified atom stereocenters. The van der Waals surface area contributed by atoms with Gasteiger partial charge in [-0.25, -0.2) is 4.98 Å². The highest BCUT2D eigenvalue weighted by molar-refractivity contribution is 6.01. The molecule has 4 aromatic rings. The van der Waals surface area contributed by atoms with Crippen molar-refractivity contribution in [3.63, 3.8) is 0 Å². The zero-order chi connectivity index (χ0) is 18.5. The fraction of sp³-hybridized carbons (Fsp3) is 0.0476. The van der Waals surface area contributed by atoms with Crippen molar-refractivity contribution in [1.29, 1.82) is 0 Å². The van der Waals surface area contributed by atoms with Crippen molar-refractivity contribution in [2.45, 2.75) is 6.54 Å². The smallest absolute Gasteiger partial charge is 0.249 e. The molecule has 6 nitrogen and oxygen atoms in total. The minimum atomic E-state index is -0.269. The summed E-state index contributed by atoms with van der Waals surface area (Å²) in [6.07, 6.45) is 6.53. The molecule has 1 amide bonds. The van der Waals surface area contributed by atoms with Gasteiger partial charge in [0, 0.05) is 18.3 Å². The molecule has 0 fully saturated rings. The Morgan fingerprint density at radius 2 is 1.78 bits per heavy atom. The maximum Gasteiger partial charge on any atom is 0.249 e. The summed E-state index contributed by atoms with van der Waals surface area (Å²) in [6, 6.07) is 19.4. The molecule has 0 saturated heterocycles. The average molecular weight is 355 g/mol. The molecule has 2 aromatic carbocycles. The van der Waals surface area contributed by atoms with Gasteiger partial charge in [-0.2, -0.15) is 5.10 Å². The van der Waals surface area contributed by atoms with Gasteiger partial charge in [-0.1, -0.05) is 42.5 Å². The number of amides is 1. The van der Waals surface area contributed by atoms with Crippen LogP contribution in [0.15, 0.2) is 79.1 Å². The minimum absolute atomic E-state index is 0.269. The Kier molecular flexibility index (Phi) is 4.70. The molecule has 0 saturated carbocycles. The first-order valence-electron chi connectivity index (χ1n) is 8.54. The summed E-state index contributed by atoms with van der Waals surface area (Å²) in [4.78, 5) is 20.9. The molecule has 2 aromatic heterocycles. The highest BCUT2D eigenvalue weighted by atomic mass is 16.1. The van der Waals surface area contributed by atoms with E-state index >= 15 is 0 Å². The second-order valence-corrected chi connectivity index (χ2v) is 5.99. The first-order valence-corrected chi connectivity index (χ1v) is 8.54. The van der Waals surface area contributed by atoms with Crippen LogP contribution in [-0.2, 0) is 11.3 Å². The Hall–Kier alpha value is -3.80. The summed E-state index contributed by atoms with van der Waals surface area (Å²) in [6.45, 7) is 0.652. The highest BCUT2D eigenvalue weighted by Gasteiger charge is 2.03. The number of anilines is 1. The fourth-order valence-corrected chi connectivity index (χ4v) is 2.67. The van der Waals surface area contributed by atoms with Crippen LogP contribution in [0.25, 0.3) is 17.1 Å². The topological polar surface area (TPSA) is 72.7 Å². The number of hydrogen-bond donors (Lipinski definition) is 1. The predicted molar refractivity (Wildman–Crippen MR) is 105 cm³/mol. The van der Waals surface area contributed by atoms with Crippen LogP contribution in [0.3, 0.4) is 0 Å². The number of carbonyl (C=O) groups excluding carboxylic acids is 1. The largest absolute Gasteiger partial charge is 0.306 e. The molecule has 0 bridgehead atoms. The number of aromatic nitrogens is 4. The second kappa shape index (κ2) is 7.61. The minimum Gasteiger partial charge on any atom is -0.306 e. The number of hydrogen-bond acceptors (Lipinski definition) is 4. The van der Waals surface area contributed by atoms with E-state index in [1.807, 2.05) is 60.8 Å². The van der Waals surface area contributed by atoms with Crippen LogP contribution in [0.2, 0.25) is 0 Å². The van der Waals surface area contributed by atoms with E-state index < -0.39 is 0 Å². The summed E-state index contributed by atoms with van der Waals surface area (Å²) < 4.78 is 1.78. The van der Waals surface area contributed by atoms with Gasteiger partial charge in [-0.15, -0.1) is 0 Å². The number of nitrogens with one attached hydrogen (secondary N) is 1. The molecule has 6 heteroatoms. The number of nitrogens with zero attached hydrogens (tertiary/aromatic N) is 4. The maximum absolute atomic E-state index is 12.1. The third kappa shape index (κ3) is 4.24. The Morgan fingerprint density at radius 1 is 1.00 bits per heavy atom. The van der Waals surface area contributed by atoms with Gasteiger partial charge in [-0.05, 0) is 23.8 Å². The van der Waals surface area contributed by atoms with Gasteiger partial charge < -0.3 is 5.32 Å². The molecule has 0 atom stereocenters. The lowest BCUT2D eigenvalue weighted by atomic mass is 10.2. The Balaban J connectivity index is 1.39. The van der Waals surface area contributed by atoms with Gasteiger partial charge in [-0.3, -0.25) is 14.5 Å². The molecule has 132 valence electrons. The van der Waals surface area contributed by atoms with Crippen molar-refractivity contribution in [3.05, 3.63) is 90.4 Å². The van der Waals surface area contributed by atoms with Crippen LogP contribution in [-0.4, -0.2) is 25.7 Å². The molecule has 0 aliphatic rings. The average Bonchev–Trinajstić information content (AvgIpc) is 3.13. The lowest BCUT2D eigenvalue weighted by Crippen LogP contribution is -2.09. The number of carbonyl (C=O) groups is 1. The van der Waals surface area contributed by atoms with Crippen molar-refractivity contribution in [3.8, 4) is 0 Å². The van der Waals surface area contributed by atoms with Crippen LogP contribution in [0.1, 0.15) is 11.3 Å². The third-order valence-corrected chi connectivity index (χ3v) is 3.95. The highest BCUT2D eigenvalue weighted by Crippen LogP contribution is 2.10. The Bertz CT molecular complexity index is 1100. The van der Waals surface area contributed by atoms with Crippen LogP contribution in [0, 0.1) is 0 Å². The van der Waals surface area contributed by atoms with Crippen LogP contribution in [0.5, 0.6) is 0 Å². The lowest BCUT2D eigenvalue weighted by molar-refractivity contribution is -0.111. The van der Waals surface area contributed by atoms with E-state index in [0.717, 1.165) is 16.6 Å². The first-order chi connectivity index (χ1) is 13.3. The molecular formula is C21H17N5O. The molecular weight excluding hydrogens is 338 g/mol. The van der Waals surface area contributed by atoms with E-state index in [1.54, 1.807) is 23.0 Å². The summed E-state index contributed by atoms with van der Waals surface area (Å²) in [5.74, 6) is 0.236. The zero-order valence-electron chi connectivity index (χ0n) is 14.5. The van der Waals surface area contributed by atoms with Gasteiger partial charge in [0.25, 0.3) is 0 Å². The Morgan fingerprint density at radius 3 is 2.63 bits per heavy atom. The standard InChI is InChI=1S/C21H17N5O/c27-21(11-10-17-14-22-18-8-4-5-9-19(18)23-17)24-20-12-13-26(25-20)15-16-6-2-1-3-7-16/h1-14H,15H2,(H,24,25,27)/b11-10+. The number of fused-ring (bicyclic) bond motifs is 1. The predicted octanol–water partition coefficient (Wildman–Crippen LogP) is 3.53. The maximum atomic E-state index is 12.1. The van der Waals surface area contributed by atoms with Gasteiger partial charge in [0.1, 0.15) is 0 Å². The molecule has 0 radical (unpaired) electrons. The summed E-state index contributed by atoms with van der Waals surface area (Å²) in [5.41, 5.74) is 3.38. The summed E-state index contributed by atoms with van der Waals surface area (Å²) in [5, 5.41) is 7.11. The number of para-hydroxylation sites is 2. The normalized spacial score (nSPS) is 11.1. The van der Waals surface area contributed by atoms with E-state index in [9.17, 15) is 4.79 Å². The number of benzene rings is 2. The molecule has 0 aliphatic heterocycles. The van der Waals surface area contributed by atoms with Crippen molar-refractivity contribution in [1.82, 2.24) is 19.7 Å². The second-order valence-electron chi connectivity index (χ2n) is 5.99. The van der Waals surface area contributed by atoms with Gasteiger partial charge in [0.05, 0.1) is 29.5 Å². The van der Waals surface area contributed by atoms with E-state index in [1.165, 1.54) is 6.08 Å².